The Morgan fingerprint density at radius 3 is 2.57 bits per heavy atom. The Morgan fingerprint density at radius 1 is 1.43 bits per heavy atom. The summed E-state index contributed by atoms with van der Waals surface area (Å²) in [6, 6.07) is 4.41. The predicted octanol–water partition coefficient (Wildman–Crippen LogP) is 3.19. The van der Waals surface area contributed by atoms with Crippen molar-refractivity contribution in [2.45, 2.75) is 13.8 Å². The molecule has 0 aliphatic carbocycles. The van der Waals surface area contributed by atoms with E-state index in [0.717, 1.165) is 5.57 Å². The normalized spacial score (nSPS) is 9.64. The number of phenolic OH excluding ortho intramolecular Hbond substituents is 1. The third kappa shape index (κ3) is 2.60. The molecule has 74 valence electrons. The number of halogens is 1. The van der Waals surface area contributed by atoms with Crippen LogP contribution < -0.4 is 0 Å². The average Bonchev–Trinajstić information content (AvgIpc) is 2.08. The molecular formula is C11H11ClO2. The first-order valence-corrected chi connectivity index (χ1v) is 4.56. The molecule has 3 heteroatoms. The van der Waals surface area contributed by atoms with E-state index in [-0.39, 0.29) is 16.6 Å². The molecule has 0 fully saturated rings. The molecule has 0 saturated carbocycles. The first-order valence-electron chi connectivity index (χ1n) is 4.18. The number of phenols is 1. The van der Waals surface area contributed by atoms with Gasteiger partial charge in [-0.1, -0.05) is 17.2 Å². The molecule has 2 nitrogen and oxygen atoms in total. The van der Waals surface area contributed by atoms with E-state index in [1.807, 2.05) is 13.8 Å². The van der Waals surface area contributed by atoms with Crippen LogP contribution in [0.3, 0.4) is 0 Å². The fourth-order valence-electron chi connectivity index (χ4n) is 1.01. The number of hydrogen-bond acceptors (Lipinski definition) is 2. The lowest BCUT2D eigenvalue weighted by atomic mass is 10.1. The highest BCUT2D eigenvalue weighted by Gasteiger charge is 2.05. The lowest BCUT2D eigenvalue weighted by Crippen LogP contribution is -1.94. The summed E-state index contributed by atoms with van der Waals surface area (Å²) < 4.78 is 0. The van der Waals surface area contributed by atoms with E-state index >= 15 is 0 Å². The zero-order chi connectivity index (χ0) is 10.7. The summed E-state index contributed by atoms with van der Waals surface area (Å²) in [5, 5.41) is 9.34. The van der Waals surface area contributed by atoms with E-state index in [9.17, 15) is 4.79 Å². The van der Waals surface area contributed by atoms with Gasteiger partial charge in [-0.2, -0.15) is 0 Å². The fourth-order valence-corrected chi connectivity index (χ4v) is 1.19. The standard InChI is InChI=1S/C11H11ClO2/c1-7(2)5-11(14)8-3-4-10(13)9(12)6-8/h3-6,13H,1-2H3. The minimum absolute atomic E-state index is 0.0135. The molecular weight excluding hydrogens is 200 g/mol. The second kappa shape index (κ2) is 4.29. The number of carbonyl (C=O) groups excluding carboxylic acids is 1. The largest absolute Gasteiger partial charge is 0.506 e. The van der Waals surface area contributed by atoms with E-state index < -0.39 is 0 Å². The van der Waals surface area contributed by atoms with Gasteiger partial charge < -0.3 is 5.11 Å². The van der Waals surface area contributed by atoms with Crippen molar-refractivity contribution < 1.29 is 9.90 Å². The highest BCUT2D eigenvalue weighted by atomic mass is 35.5. The van der Waals surface area contributed by atoms with Gasteiger partial charge in [-0.3, -0.25) is 4.79 Å². The third-order valence-corrected chi connectivity index (χ3v) is 1.95. The molecule has 1 aromatic rings. The van der Waals surface area contributed by atoms with Crippen LogP contribution in [0.1, 0.15) is 24.2 Å². The van der Waals surface area contributed by atoms with Crippen molar-refractivity contribution in [1.29, 1.82) is 0 Å². The summed E-state index contributed by atoms with van der Waals surface area (Å²) in [5.74, 6) is -0.118. The van der Waals surface area contributed by atoms with Gasteiger partial charge in [0.1, 0.15) is 5.75 Å². The zero-order valence-electron chi connectivity index (χ0n) is 8.04. The number of aromatic hydroxyl groups is 1. The van der Waals surface area contributed by atoms with Gasteiger partial charge in [0, 0.05) is 5.56 Å². The molecule has 1 aromatic carbocycles. The predicted molar refractivity (Wildman–Crippen MR) is 56.9 cm³/mol. The summed E-state index contributed by atoms with van der Waals surface area (Å²) in [4.78, 5) is 11.5. The molecule has 0 heterocycles. The second-order valence-corrected chi connectivity index (χ2v) is 3.66. The Labute approximate surface area is 87.8 Å². The zero-order valence-corrected chi connectivity index (χ0v) is 8.80. The number of allylic oxidation sites excluding steroid dienone is 2. The maximum atomic E-state index is 11.5. The highest BCUT2D eigenvalue weighted by molar-refractivity contribution is 6.32. The number of hydrogen-bond donors (Lipinski definition) is 1. The molecule has 14 heavy (non-hydrogen) atoms. The summed E-state index contributed by atoms with van der Waals surface area (Å²) in [6.07, 6.45) is 1.53. The van der Waals surface area contributed by atoms with Gasteiger partial charge in [0.05, 0.1) is 5.02 Å². The first kappa shape index (κ1) is 10.8. The van der Waals surface area contributed by atoms with E-state index in [1.54, 1.807) is 6.07 Å². The van der Waals surface area contributed by atoms with Crippen molar-refractivity contribution in [2.24, 2.45) is 0 Å². The van der Waals surface area contributed by atoms with Crippen LogP contribution in [-0.2, 0) is 0 Å². The maximum Gasteiger partial charge on any atom is 0.185 e. The molecule has 0 aliphatic rings. The Hall–Kier alpha value is -1.28. The van der Waals surface area contributed by atoms with Gasteiger partial charge in [0.25, 0.3) is 0 Å². The molecule has 0 aliphatic heterocycles. The molecule has 0 atom stereocenters. The summed E-state index contributed by atoms with van der Waals surface area (Å²) >= 11 is 5.67. The van der Waals surface area contributed by atoms with Crippen LogP contribution in [0.4, 0.5) is 0 Å². The average molecular weight is 211 g/mol. The maximum absolute atomic E-state index is 11.5. The van der Waals surface area contributed by atoms with Gasteiger partial charge in [-0.15, -0.1) is 0 Å². The van der Waals surface area contributed by atoms with Crippen molar-refractivity contribution in [3.63, 3.8) is 0 Å². The molecule has 1 rings (SSSR count). The van der Waals surface area contributed by atoms with E-state index in [4.69, 9.17) is 16.7 Å². The third-order valence-electron chi connectivity index (χ3n) is 1.65. The lowest BCUT2D eigenvalue weighted by Gasteiger charge is -1.99. The van der Waals surface area contributed by atoms with Crippen molar-refractivity contribution >= 4 is 17.4 Å². The van der Waals surface area contributed by atoms with Crippen molar-refractivity contribution in [3.8, 4) is 5.75 Å². The minimum atomic E-state index is -0.105. The number of benzene rings is 1. The van der Waals surface area contributed by atoms with Gasteiger partial charge in [0.15, 0.2) is 5.78 Å². The van der Waals surface area contributed by atoms with E-state index in [1.165, 1.54) is 18.2 Å². The van der Waals surface area contributed by atoms with Crippen LogP contribution in [-0.4, -0.2) is 10.9 Å². The molecule has 0 bridgehead atoms. The fraction of sp³-hybridized carbons (Fsp3) is 0.182. The van der Waals surface area contributed by atoms with Gasteiger partial charge >= 0.3 is 0 Å². The molecule has 0 radical (unpaired) electrons. The van der Waals surface area contributed by atoms with Crippen LogP contribution in [0.25, 0.3) is 0 Å². The van der Waals surface area contributed by atoms with E-state index in [2.05, 4.69) is 0 Å². The van der Waals surface area contributed by atoms with E-state index in [0.29, 0.717) is 5.56 Å². The second-order valence-electron chi connectivity index (χ2n) is 3.25. The number of ketones is 1. The van der Waals surface area contributed by atoms with Gasteiger partial charge in [0.2, 0.25) is 0 Å². The molecule has 1 N–H and O–H groups in total. The summed E-state index contributed by atoms with van der Waals surface area (Å²) in [7, 11) is 0. The van der Waals surface area contributed by atoms with Crippen molar-refractivity contribution in [3.05, 3.63) is 40.4 Å². The first-order chi connectivity index (χ1) is 6.50. The highest BCUT2D eigenvalue weighted by Crippen LogP contribution is 2.23. The van der Waals surface area contributed by atoms with Crippen molar-refractivity contribution in [1.82, 2.24) is 0 Å². The van der Waals surface area contributed by atoms with Crippen LogP contribution in [0.15, 0.2) is 29.8 Å². The van der Waals surface area contributed by atoms with Crippen LogP contribution >= 0.6 is 11.6 Å². The Kier molecular flexibility index (Phi) is 3.31. The molecule has 0 spiro atoms. The molecule has 0 saturated heterocycles. The molecule has 0 unspecified atom stereocenters. The summed E-state index contributed by atoms with van der Waals surface area (Å²) in [5.41, 5.74) is 1.41. The number of rotatable bonds is 2. The molecule has 0 amide bonds. The Bertz CT molecular complexity index is 390. The number of carbonyl (C=O) groups is 1. The SMILES string of the molecule is CC(C)=CC(=O)c1ccc(O)c(Cl)c1. The summed E-state index contributed by atoms with van der Waals surface area (Å²) in [6.45, 7) is 3.69. The topological polar surface area (TPSA) is 37.3 Å². The van der Waals surface area contributed by atoms with Crippen LogP contribution in [0, 0.1) is 0 Å². The smallest absolute Gasteiger partial charge is 0.185 e. The quantitative estimate of drug-likeness (QED) is 0.601. The van der Waals surface area contributed by atoms with Crippen LogP contribution in [0.5, 0.6) is 5.75 Å². The molecule has 0 aromatic heterocycles. The van der Waals surface area contributed by atoms with Gasteiger partial charge in [-0.25, -0.2) is 0 Å². The Morgan fingerprint density at radius 2 is 2.07 bits per heavy atom. The Balaban J connectivity index is 3.03. The van der Waals surface area contributed by atoms with Crippen LogP contribution in [0.2, 0.25) is 5.02 Å². The minimum Gasteiger partial charge on any atom is -0.506 e. The van der Waals surface area contributed by atoms with Gasteiger partial charge in [-0.05, 0) is 38.1 Å². The monoisotopic (exact) mass is 210 g/mol. The van der Waals surface area contributed by atoms with Crippen molar-refractivity contribution in [2.75, 3.05) is 0 Å². The lowest BCUT2D eigenvalue weighted by molar-refractivity contribution is 0.104.